The molecule has 0 heterocycles. The molecule has 4 aliphatic rings. The fourth-order valence-electron chi connectivity index (χ4n) is 7.87. The first-order chi connectivity index (χ1) is 12.7. The zero-order valence-corrected chi connectivity index (χ0v) is 16.5. The first-order valence-electron chi connectivity index (χ1n) is 10.8. The Morgan fingerprint density at radius 1 is 0.963 bits per heavy atom. The molecule has 2 nitrogen and oxygen atoms in total. The van der Waals surface area contributed by atoms with Crippen molar-refractivity contribution >= 4 is 0 Å². The molecule has 0 N–H and O–H groups in total. The highest BCUT2D eigenvalue weighted by atomic mass is 19.4. The summed E-state index contributed by atoms with van der Waals surface area (Å²) >= 11 is 0. The van der Waals surface area contributed by atoms with Crippen LogP contribution in [0.2, 0.25) is 0 Å². The second-order valence-corrected chi connectivity index (χ2v) is 10.3. The van der Waals surface area contributed by atoms with Crippen LogP contribution in [0.25, 0.3) is 0 Å². The van der Waals surface area contributed by atoms with Gasteiger partial charge in [0.25, 0.3) is 0 Å². The van der Waals surface area contributed by atoms with Crippen LogP contribution in [0.1, 0.15) is 71.6 Å². The lowest BCUT2D eigenvalue weighted by molar-refractivity contribution is -0.202. The molecule has 8 atom stereocenters. The molecule has 8 unspecified atom stereocenters. The molecule has 4 rings (SSSR count). The highest BCUT2D eigenvalue weighted by Crippen LogP contribution is 2.67. The Bertz CT molecular complexity index is 614. The predicted molar refractivity (Wildman–Crippen MR) is 96.6 cm³/mol. The van der Waals surface area contributed by atoms with E-state index >= 15 is 0 Å². The van der Waals surface area contributed by atoms with Crippen molar-refractivity contribution in [3.05, 3.63) is 0 Å². The largest absolute Gasteiger partial charge is 0.411 e. The van der Waals surface area contributed by atoms with E-state index in [0.717, 1.165) is 44.9 Å². The standard InChI is InChI=1S/C22H32F3NO/c1-20-10-9-19-17(18(20)8-5-15(20)12-26)7-4-14-3-6-16(11-21(14,19)2)27-13-22(23,24)25/h14-19H,3-11,13H2,1-2H3. The number of alkyl halides is 3. The number of ether oxygens (including phenoxy) is 1. The summed E-state index contributed by atoms with van der Waals surface area (Å²) in [5, 5.41) is 9.61. The van der Waals surface area contributed by atoms with Crippen LogP contribution in [-0.2, 0) is 4.74 Å². The van der Waals surface area contributed by atoms with Gasteiger partial charge >= 0.3 is 6.18 Å². The number of nitrogens with zero attached hydrogens (tertiary/aromatic N) is 1. The molecule has 5 heteroatoms. The molecular weight excluding hydrogens is 351 g/mol. The smallest absolute Gasteiger partial charge is 0.369 e. The van der Waals surface area contributed by atoms with Crippen LogP contribution < -0.4 is 0 Å². The van der Waals surface area contributed by atoms with E-state index in [1.54, 1.807) is 0 Å². The molecule has 4 fully saturated rings. The molecule has 0 aliphatic heterocycles. The Morgan fingerprint density at radius 3 is 2.37 bits per heavy atom. The summed E-state index contributed by atoms with van der Waals surface area (Å²) in [5.74, 6) is 2.66. The molecule has 152 valence electrons. The predicted octanol–water partition coefficient (Wildman–Crippen LogP) is 6.12. The van der Waals surface area contributed by atoms with E-state index in [0.29, 0.717) is 23.7 Å². The van der Waals surface area contributed by atoms with E-state index in [2.05, 4.69) is 19.9 Å². The SMILES string of the molecule is CC12CCC3C(CCC4CCC(OCC(F)(F)F)CC43C)C1CCC2C#N. The minimum absolute atomic E-state index is 0.101. The first kappa shape index (κ1) is 19.6. The molecule has 0 bridgehead atoms. The van der Waals surface area contributed by atoms with Gasteiger partial charge in [0, 0.05) is 0 Å². The summed E-state index contributed by atoms with van der Waals surface area (Å²) < 4.78 is 43.2. The van der Waals surface area contributed by atoms with Gasteiger partial charge in [0.05, 0.1) is 18.1 Å². The summed E-state index contributed by atoms with van der Waals surface area (Å²) in [4.78, 5) is 0. The molecule has 0 saturated heterocycles. The van der Waals surface area contributed by atoms with Crippen molar-refractivity contribution in [2.75, 3.05) is 6.61 Å². The molecular formula is C22H32F3NO. The highest BCUT2D eigenvalue weighted by Gasteiger charge is 2.60. The minimum Gasteiger partial charge on any atom is -0.369 e. The van der Waals surface area contributed by atoms with Gasteiger partial charge in [-0.1, -0.05) is 13.8 Å². The molecule has 0 amide bonds. The summed E-state index contributed by atoms with van der Waals surface area (Å²) in [6.07, 6.45) is 4.93. The Balaban J connectivity index is 1.52. The summed E-state index contributed by atoms with van der Waals surface area (Å²) in [7, 11) is 0. The molecule has 27 heavy (non-hydrogen) atoms. The Kier molecular flexibility index (Phi) is 4.81. The van der Waals surface area contributed by atoms with Crippen molar-refractivity contribution < 1.29 is 17.9 Å². The third-order valence-corrected chi connectivity index (χ3v) is 9.21. The lowest BCUT2D eigenvalue weighted by Crippen LogP contribution is -2.54. The number of nitriles is 1. The average molecular weight is 383 g/mol. The van der Waals surface area contributed by atoms with Crippen LogP contribution in [0.15, 0.2) is 0 Å². The monoisotopic (exact) mass is 383 g/mol. The lowest BCUT2D eigenvalue weighted by atomic mass is 9.44. The first-order valence-corrected chi connectivity index (χ1v) is 10.8. The molecule has 0 aromatic heterocycles. The van der Waals surface area contributed by atoms with Crippen molar-refractivity contribution in [3.63, 3.8) is 0 Å². The van der Waals surface area contributed by atoms with E-state index in [9.17, 15) is 18.4 Å². The van der Waals surface area contributed by atoms with Crippen LogP contribution in [0.5, 0.6) is 0 Å². The van der Waals surface area contributed by atoms with E-state index in [-0.39, 0.29) is 22.9 Å². The molecule has 4 saturated carbocycles. The zero-order valence-electron chi connectivity index (χ0n) is 16.5. The summed E-state index contributed by atoms with van der Waals surface area (Å²) in [6.45, 7) is 3.56. The normalized spacial score (nSPS) is 49.6. The van der Waals surface area contributed by atoms with Crippen LogP contribution >= 0.6 is 0 Å². The van der Waals surface area contributed by atoms with Gasteiger partial charge in [0.1, 0.15) is 6.61 Å². The van der Waals surface area contributed by atoms with Crippen molar-refractivity contribution in [1.82, 2.24) is 0 Å². The van der Waals surface area contributed by atoms with Crippen molar-refractivity contribution in [3.8, 4) is 6.07 Å². The van der Waals surface area contributed by atoms with Crippen molar-refractivity contribution in [1.29, 1.82) is 5.26 Å². The Morgan fingerprint density at radius 2 is 1.67 bits per heavy atom. The van der Waals surface area contributed by atoms with Crippen LogP contribution in [0, 0.1) is 51.8 Å². The van der Waals surface area contributed by atoms with E-state index in [1.165, 1.54) is 12.8 Å². The van der Waals surface area contributed by atoms with Gasteiger partial charge in [0.15, 0.2) is 0 Å². The lowest BCUT2D eigenvalue weighted by Gasteiger charge is -2.61. The topological polar surface area (TPSA) is 33.0 Å². The second kappa shape index (κ2) is 6.65. The third kappa shape index (κ3) is 3.20. The maximum Gasteiger partial charge on any atom is 0.411 e. The zero-order chi connectivity index (χ0) is 19.4. The molecule has 0 aromatic rings. The number of fused-ring (bicyclic) bond motifs is 5. The molecule has 0 radical (unpaired) electrons. The number of hydrogen-bond donors (Lipinski definition) is 0. The van der Waals surface area contributed by atoms with E-state index in [1.807, 2.05) is 0 Å². The van der Waals surface area contributed by atoms with Crippen molar-refractivity contribution in [2.45, 2.75) is 83.9 Å². The van der Waals surface area contributed by atoms with Gasteiger partial charge in [0.2, 0.25) is 0 Å². The van der Waals surface area contributed by atoms with E-state index < -0.39 is 12.8 Å². The minimum atomic E-state index is -4.24. The molecule has 0 aromatic carbocycles. The van der Waals surface area contributed by atoms with Crippen molar-refractivity contribution in [2.24, 2.45) is 40.4 Å². The Labute approximate surface area is 160 Å². The molecule has 4 aliphatic carbocycles. The maximum atomic E-state index is 12.6. The second-order valence-electron chi connectivity index (χ2n) is 10.3. The third-order valence-electron chi connectivity index (χ3n) is 9.21. The number of rotatable bonds is 2. The number of hydrogen-bond acceptors (Lipinski definition) is 2. The van der Waals surface area contributed by atoms with Gasteiger partial charge in [-0.2, -0.15) is 18.4 Å². The maximum absolute atomic E-state index is 12.6. The van der Waals surface area contributed by atoms with Gasteiger partial charge in [-0.3, -0.25) is 0 Å². The fraction of sp³-hybridized carbons (Fsp3) is 0.955. The fourth-order valence-corrected chi connectivity index (χ4v) is 7.87. The van der Waals surface area contributed by atoms with Crippen LogP contribution in [0.4, 0.5) is 13.2 Å². The molecule has 0 spiro atoms. The van der Waals surface area contributed by atoms with Gasteiger partial charge in [-0.05, 0) is 92.3 Å². The summed E-state index contributed by atoms with van der Waals surface area (Å²) in [6, 6.07) is 2.58. The van der Waals surface area contributed by atoms with E-state index in [4.69, 9.17) is 4.74 Å². The van der Waals surface area contributed by atoms with Crippen LogP contribution in [-0.4, -0.2) is 18.9 Å². The average Bonchev–Trinajstić information content (AvgIpc) is 2.95. The van der Waals surface area contributed by atoms with Crippen LogP contribution in [0.3, 0.4) is 0 Å². The highest BCUT2D eigenvalue weighted by molar-refractivity contribution is 5.12. The van der Waals surface area contributed by atoms with Gasteiger partial charge in [-0.25, -0.2) is 0 Å². The van der Waals surface area contributed by atoms with Gasteiger partial charge < -0.3 is 4.74 Å². The number of halogens is 3. The quantitative estimate of drug-likeness (QED) is 0.576. The summed E-state index contributed by atoms with van der Waals surface area (Å²) in [5.41, 5.74) is 0.253. The van der Waals surface area contributed by atoms with Gasteiger partial charge in [-0.15, -0.1) is 0 Å². The Hall–Kier alpha value is -0.760.